The van der Waals surface area contributed by atoms with E-state index in [2.05, 4.69) is 69.6 Å². The Morgan fingerprint density at radius 3 is 1.90 bits per heavy atom. The van der Waals surface area contributed by atoms with Gasteiger partial charge in [-0.3, -0.25) is 0 Å². The molecule has 0 saturated carbocycles. The average Bonchev–Trinajstić information content (AvgIpc) is 2.58. The molecule has 0 aromatic rings. The minimum Gasteiger partial charge on any atom is -1.00 e. The molecule has 0 atom stereocenters. The van der Waals surface area contributed by atoms with Gasteiger partial charge in [0, 0.05) is 0 Å². The summed E-state index contributed by atoms with van der Waals surface area (Å²) in [7, 11) is 0. The maximum absolute atomic E-state index is 2.82. The summed E-state index contributed by atoms with van der Waals surface area (Å²) in [6.07, 6.45) is 5.87. The number of hydrogen-bond donors (Lipinski definition) is 0. The van der Waals surface area contributed by atoms with Gasteiger partial charge in [-0.15, -0.1) is 0 Å². The fraction of sp³-hybridized carbons (Fsp3) is 0.733. The van der Waals surface area contributed by atoms with Crippen molar-refractivity contribution >= 4 is 5.92 Å². The first-order valence-electron chi connectivity index (χ1n) is 6.80. The molecule has 0 saturated heterocycles. The predicted molar refractivity (Wildman–Crippen MR) is 79.3 cm³/mol. The molecule has 0 fully saturated rings. The van der Waals surface area contributed by atoms with Gasteiger partial charge < -0.3 is 24.8 Å². The molecule has 0 aromatic carbocycles. The van der Waals surface area contributed by atoms with E-state index in [1.165, 1.54) is 0 Å². The number of allylic oxidation sites excluding steroid dienone is 3. The third-order valence-electron chi connectivity index (χ3n) is 2.99. The summed E-state index contributed by atoms with van der Waals surface area (Å²) in [5, 5.41) is 0. The molecule has 0 aliphatic heterocycles. The standard InChI is InChI=1S/C13H22N.C2H6Si.2ClH.Zr/c1-12(2,3)10-8-7-9-11(10)14-13(4,5)6;1-3-2;;;/h7-8H,9H2,1-6H3;1-2H3;2*1H;/q-1;;;;+3/p-2. The molecule has 0 N–H and O–H groups in total. The van der Waals surface area contributed by atoms with E-state index in [4.69, 9.17) is 0 Å². The fourth-order valence-corrected chi connectivity index (χ4v) is 10.5. The van der Waals surface area contributed by atoms with Gasteiger partial charge in [0.05, 0.1) is 0 Å². The van der Waals surface area contributed by atoms with Crippen molar-refractivity contribution in [3.63, 3.8) is 0 Å². The van der Waals surface area contributed by atoms with E-state index >= 15 is 0 Å². The summed E-state index contributed by atoms with van der Waals surface area (Å²) in [5.41, 5.74) is 3.78. The molecular weight excluding hydrogens is 384 g/mol. The summed E-state index contributed by atoms with van der Waals surface area (Å²) in [5.74, 6) is -0.0864. The van der Waals surface area contributed by atoms with Gasteiger partial charge >= 0.3 is 127 Å². The predicted octanol–water partition coefficient (Wildman–Crippen LogP) is -1.40. The summed E-state index contributed by atoms with van der Waals surface area (Å²) in [4.78, 5) is 0. The van der Waals surface area contributed by atoms with Crippen LogP contribution in [0, 0.1) is 5.41 Å². The van der Waals surface area contributed by atoms with Crippen LogP contribution in [-0.4, -0.2) is 14.3 Å². The second kappa shape index (κ2) is 8.56. The Balaban J connectivity index is 0. The SMILES string of the molecule is C[Si](C)[Zr+2][N](C1=C(C(C)(C)C)C=CC1)C(C)(C)C.[Cl-].[Cl-]. The minimum atomic E-state index is -0.432. The summed E-state index contributed by atoms with van der Waals surface area (Å²) < 4.78 is 2.82. The van der Waals surface area contributed by atoms with Gasteiger partial charge in [0.1, 0.15) is 0 Å². The van der Waals surface area contributed by atoms with Crippen LogP contribution in [0.2, 0.25) is 13.1 Å². The van der Waals surface area contributed by atoms with Crippen LogP contribution in [0.25, 0.3) is 0 Å². The third-order valence-corrected chi connectivity index (χ3v) is 10.9. The number of rotatable bonds is 3. The molecule has 0 amide bonds. The Labute approximate surface area is 151 Å². The van der Waals surface area contributed by atoms with E-state index in [0.29, 0.717) is 5.54 Å². The normalized spacial score (nSPS) is 14.8. The molecule has 0 unspecified atom stereocenters. The Hall–Kier alpha value is 0.960. The molecule has 5 heteroatoms. The second-order valence-corrected chi connectivity index (χ2v) is 19.7. The van der Waals surface area contributed by atoms with E-state index < -0.39 is 22.7 Å². The van der Waals surface area contributed by atoms with Crippen LogP contribution in [0.1, 0.15) is 48.0 Å². The van der Waals surface area contributed by atoms with E-state index in [1.54, 1.807) is 11.3 Å². The number of nitrogens with zero attached hydrogens (tertiary/aromatic N) is 1. The van der Waals surface area contributed by atoms with Crippen molar-refractivity contribution < 1.29 is 47.5 Å². The molecule has 0 spiro atoms. The van der Waals surface area contributed by atoms with Crippen LogP contribution in [0.5, 0.6) is 0 Å². The van der Waals surface area contributed by atoms with Crippen molar-refractivity contribution in [2.75, 3.05) is 0 Å². The van der Waals surface area contributed by atoms with Crippen LogP contribution in [0.4, 0.5) is 0 Å². The van der Waals surface area contributed by atoms with Gasteiger partial charge in [-0.05, 0) is 0 Å². The van der Waals surface area contributed by atoms with Crippen molar-refractivity contribution in [2.45, 2.75) is 66.6 Å². The molecule has 1 nitrogen and oxygen atoms in total. The summed E-state index contributed by atoms with van der Waals surface area (Å²) in [6, 6.07) is 0. The van der Waals surface area contributed by atoms with E-state index in [1.807, 2.05) is 0 Å². The quantitative estimate of drug-likeness (QED) is 0.516. The van der Waals surface area contributed by atoms with Gasteiger partial charge in [0.15, 0.2) is 0 Å². The molecule has 1 rings (SSSR count). The molecule has 1 aliphatic rings. The van der Waals surface area contributed by atoms with Crippen molar-refractivity contribution in [3.8, 4) is 0 Å². The van der Waals surface area contributed by atoms with Crippen molar-refractivity contribution in [1.29, 1.82) is 0 Å². The zero-order chi connectivity index (χ0) is 14.1. The largest absolute Gasteiger partial charge is 1.00 e. The van der Waals surface area contributed by atoms with Gasteiger partial charge in [0.25, 0.3) is 0 Å². The summed E-state index contributed by atoms with van der Waals surface area (Å²) in [6.45, 7) is 19.1. The Kier molecular flexibility index (Phi) is 9.94. The Morgan fingerprint density at radius 2 is 1.55 bits per heavy atom. The first-order valence-corrected chi connectivity index (χ1v) is 14.1. The topological polar surface area (TPSA) is 3.24 Å². The first-order chi connectivity index (χ1) is 8.03. The molecule has 115 valence electrons. The van der Waals surface area contributed by atoms with E-state index in [0.717, 1.165) is 6.42 Å². The smallest absolute Gasteiger partial charge is 1.00 e. The maximum atomic E-state index is 2.82. The molecule has 0 heterocycles. The number of hydrogen-bond acceptors (Lipinski definition) is 1. The van der Waals surface area contributed by atoms with Crippen LogP contribution in [-0.2, 0) is 22.7 Å². The molecule has 0 aromatic heterocycles. The summed E-state index contributed by atoms with van der Waals surface area (Å²) >= 11 is -0.432. The van der Waals surface area contributed by atoms with Gasteiger partial charge in [-0.2, -0.15) is 0 Å². The minimum absolute atomic E-state index is 0. The van der Waals surface area contributed by atoms with E-state index in [9.17, 15) is 0 Å². The molecular formula is C15H28Cl2NSiZr. The average molecular weight is 413 g/mol. The maximum Gasteiger partial charge on any atom is -1.00 e. The van der Waals surface area contributed by atoms with Crippen molar-refractivity contribution in [3.05, 3.63) is 23.4 Å². The van der Waals surface area contributed by atoms with Crippen LogP contribution in [0.3, 0.4) is 0 Å². The van der Waals surface area contributed by atoms with Gasteiger partial charge in [-0.25, -0.2) is 0 Å². The zero-order valence-corrected chi connectivity index (χ0v) is 19.0. The van der Waals surface area contributed by atoms with Gasteiger partial charge in [0.2, 0.25) is 0 Å². The molecule has 1 aliphatic carbocycles. The third kappa shape index (κ3) is 6.38. The first kappa shape index (κ1) is 23.2. The molecule has 1 radical (unpaired) electrons. The van der Waals surface area contributed by atoms with Crippen molar-refractivity contribution in [2.24, 2.45) is 5.41 Å². The van der Waals surface area contributed by atoms with Crippen LogP contribution in [0.15, 0.2) is 23.4 Å². The number of halogens is 2. The molecule has 20 heavy (non-hydrogen) atoms. The molecule has 0 bridgehead atoms. The van der Waals surface area contributed by atoms with Crippen LogP contribution < -0.4 is 24.8 Å². The fourth-order valence-electron chi connectivity index (χ4n) is 2.25. The van der Waals surface area contributed by atoms with Gasteiger partial charge in [-0.1, -0.05) is 0 Å². The van der Waals surface area contributed by atoms with Crippen molar-refractivity contribution in [1.82, 2.24) is 2.84 Å². The van der Waals surface area contributed by atoms with E-state index in [-0.39, 0.29) is 36.2 Å². The Morgan fingerprint density at radius 1 is 1.05 bits per heavy atom. The van der Waals surface area contributed by atoms with Crippen LogP contribution >= 0.6 is 0 Å². The Bertz CT molecular complexity index is 365. The zero-order valence-electron chi connectivity index (χ0n) is 14.1. The monoisotopic (exact) mass is 410 g/mol. The second-order valence-electron chi connectivity index (χ2n) is 7.33.